The van der Waals surface area contributed by atoms with E-state index in [9.17, 15) is 5.11 Å². The molecule has 96 valence electrons. The first-order valence-electron chi connectivity index (χ1n) is 6.13. The smallest absolute Gasteiger partial charge is 0.0952 e. The van der Waals surface area contributed by atoms with Gasteiger partial charge >= 0.3 is 0 Å². The minimum Gasteiger partial charge on any atom is -0.390 e. The van der Waals surface area contributed by atoms with Crippen LogP contribution in [-0.4, -0.2) is 58.5 Å². The first kappa shape index (κ1) is 12.5. The number of β-amino-alcohol motifs (C(OH)–C–C–N with tert-alkyl or cyclic N) is 1. The van der Waals surface area contributed by atoms with Gasteiger partial charge in [0.15, 0.2) is 0 Å². The van der Waals surface area contributed by atoms with Gasteiger partial charge in [0, 0.05) is 25.3 Å². The fraction of sp³-hybridized carbons (Fsp3) is 0.750. The summed E-state index contributed by atoms with van der Waals surface area (Å²) in [5, 5.41) is 10.1. The van der Waals surface area contributed by atoms with Gasteiger partial charge in [0.2, 0.25) is 0 Å². The molecular weight excluding hydrogens is 218 g/mol. The second-order valence-corrected chi connectivity index (χ2v) is 4.63. The predicted octanol–water partition coefficient (Wildman–Crippen LogP) is 0.193. The molecule has 1 aliphatic rings. The molecule has 5 heteroatoms. The summed E-state index contributed by atoms with van der Waals surface area (Å²) in [5.41, 5.74) is 2.16. The molecule has 0 amide bonds. The predicted molar refractivity (Wildman–Crippen MR) is 65.0 cm³/mol. The molecule has 0 aliphatic carbocycles. The van der Waals surface area contributed by atoms with Gasteiger partial charge in [-0.15, -0.1) is 0 Å². The van der Waals surface area contributed by atoms with Crippen molar-refractivity contribution in [2.24, 2.45) is 0 Å². The number of aryl methyl sites for hydroxylation is 1. The number of ether oxygens (including phenoxy) is 1. The average molecular weight is 239 g/mol. The number of aromatic nitrogens is 2. The van der Waals surface area contributed by atoms with Crippen molar-refractivity contribution < 1.29 is 9.84 Å². The van der Waals surface area contributed by atoms with Crippen molar-refractivity contribution in [3.63, 3.8) is 0 Å². The third-order valence-electron chi connectivity index (χ3n) is 3.33. The molecule has 0 aromatic carbocycles. The van der Waals surface area contributed by atoms with Gasteiger partial charge in [-0.3, -0.25) is 4.90 Å². The van der Waals surface area contributed by atoms with Crippen LogP contribution in [0.4, 0.5) is 0 Å². The number of nitrogens with zero attached hydrogens (tertiary/aromatic N) is 3. The van der Waals surface area contributed by atoms with E-state index < -0.39 is 0 Å². The molecule has 0 bridgehead atoms. The number of morpholine rings is 1. The first-order valence-corrected chi connectivity index (χ1v) is 6.13. The third-order valence-corrected chi connectivity index (χ3v) is 3.33. The molecule has 0 saturated carbocycles. The molecule has 0 spiro atoms. The highest BCUT2D eigenvalue weighted by atomic mass is 16.5. The molecule has 1 aliphatic heterocycles. The molecule has 0 radical (unpaired) electrons. The molecule has 1 aromatic rings. The molecule has 2 rings (SSSR count). The van der Waals surface area contributed by atoms with Crippen LogP contribution in [0.2, 0.25) is 0 Å². The normalized spacial score (nSPS) is 19.5. The van der Waals surface area contributed by atoms with Crippen LogP contribution in [0.1, 0.15) is 11.4 Å². The van der Waals surface area contributed by atoms with Crippen LogP contribution in [0.25, 0.3) is 0 Å². The maximum Gasteiger partial charge on any atom is 0.0952 e. The van der Waals surface area contributed by atoms with Crippen molar-refractivity contribution in [1.29, 1.82) is 0 Å². The van der Waals surface area contributed by atoms with E-state index in [4.69, 9.17) is 4.74 Å². The van der Waals surface area contributed by atoms with E-state index in [-0.39, 0.29) is 6.10 Å². The van der Waals surface area contributed by atoms with Crippen LogP contribution in [0.5, 0.6) is 0 Å². The van der Waals surface area contributed by atoms with Crippen molar-refractivity contribution in [3.05, 3.63) is 17.7 Å². The lowest BCUT2D eigenvalue weighted by molar-refractivity contribution is 0.0114. The van der Waals surface area contributed by atoms with Crippen LogP contribution >= 0.6 is 0 Å². The van der Waals surface area contributed by atoms with Crippen molar-refractivity contribution in [2.75, 3.05) is 32.8 Å². The van der Waals surface area contributed by atoms with Gasteiger partial charge in [0.1, 0.15) is 0 Å². The molecule has 2 heterocycles. The Morgan fingerprint density at radius 2 is 2.06 bits per heavy atom. The van der Waals surface area contributed by atoms with Gasteiger partial charge in [0.05, 0.1) is 37.9 Å². The zero-order valence-corrected chi connectivity index (χ0v) is 10.6. The van der Waals surface area contributed by atoms with Gasteiger partial charge in [-0.2, -0.15) is 0 Å². The minimum atomic E-state index is -0.347. The first-order chi connectivity index (χ1) is 8.16. The maximum atomic E-state index is 10.1. The summed E-state index contributed by atoms with van der Waals surface area (Å²) in [4.78, 5) is 6.48. The quantitative estimate of drug-likeness (QED) is 0.815. The molecule has 1 atom stereocenters. The van der Waals surface area contributed by atoms with E-state index in [2.05, 4.69) is 9.88 Å². The average Bonchev–Trinajstić information content (AvgIpc) is 2.62. The molecular formula is C12H21N3O2. The van der Waals surface area contributed by atoms with Crippen LogP contribution in [0, 0.1) is 13.8 Å². The summed E-state index contributed by atoms with van der Waals surface area (Å²) in [5.74, 6) is 0. The zero-order chi connectivity index (χ0) is 12.3. The standard InChI is InChI=1S/C12H21N3O2/c1-10-11(2)15(9-13-10)8-12(16)7-14-3-5-17-6-4-14/h9,12,16H,3-8H2,1-2H3. The number of hydrogen-bond donors (Lipinski definition) is 1. The van der Waals surface area contributed by atoms with Crippen molar-refractivity contribution in [1.82, 2.24) is 14.5 Å². The van der Waals surface area contributed by atoms with Crippen LogP contribution in [0.3, 0.4) is 0 Å². The number of aliphatic hydroxyl groups excluding tert-OH is 1. The van der Waals surface area contributed by atoms with E-state index in [1.807, 2.05) is 18.4 Å². The van der Waals surface area contributed by atoms with E-state index in [1.165, 1.54) is 0 Å². The summed E-state index contributed by atoms with van der Waals surface area (Å²) in [6.45, 7) is 8.72. The van der Waals surface area contributed by atoms with Gasteiger partial charge in [-0.25, -0.2) is 4.98 Å². The fourth-order valence-corrected chi connectivity index (χ4v) is 2.09. The van der Waals surface area contributed by atoms with E-state index in [0.29, 0.717) is 13.1 Å². The highest BCUT2D eigenvalue weighted by Crippen LogP contribution is 2.06. The minimum absolute atomic E-state index is 0.347. The number of aliphatic hydroxyl groups is 1. The SMILES string of the molecule is Cc1ncn(CC(O)CN2CCOCC2)c1C. The van der Waals surface area contributed by atoms with Gasteiger partial charge < -0.3 is 14.4 Å². The lowest BCUT2D eigenvalue weighted by Gasteiger charge is -2.28. The summed E-state index contributed by atoms with van der Waals surface area (Å²) < 4.78 is 7.30. The Bertz CT molecular complexity index is 359. The van der Waals surface area contributed by atoms with Crippen molar-refractivity contribution >= 4 is 0 Å². The summed E-state index contributed by atoms with van der Waals surface area (Å²) >= 11 is 0. The molecule has 1 unspecified atom stereocenters. The number of imidazole rings is 1. The Balaban J connectivity index is 1.84. The number of hydrogen-bond acceptors (Lipinski definition) is 4. The molecule has 1 aromatic heterocycles. The second-order valence-electron chi connectivity index (χ2n) is 4.63. The van der Waals surface area contributed by atoms with E-state index in [1.54, 1.807) is 6.33 Å². The second kappa shape index (κ2) is 5.62. The Morgan fingerprint density at radius 3 is 2.65 bits per heavy atom. The van der Waals surface area contributed by atoms with Crippen molar-refractivity contribution in [3.8, 4) is 0 Å². The van der Waals surface area contributed by atoms with Gasteiger partial charge in [0.25, 0.3) is 0 Å². The summed E-state index contributed by atoms with van der Waals surface area (Å²) in [7, 11) is 0. The van der Waals surface area contributed by atoms with Crippen molar-refractivity contribution in [2.45, 2.75) is 26.5 Å². The lowest BCUT2D eigenvalue weighted by atomic mass is 10.3. The Morgan fingerprint density at radius 1 is 1.35 bits per heavy atom. The van der Waals surface area contributed by atoms with Crippen LogP contribution in [0.15, 0.2) is 6.33 Å². The highest BCUT2D eigenvalue weighted by Gasteiger charge is 2.15. The zero-order valence-electron chi connectivity index (χ0n) is 10.6. The molecule has 1 saturated heterocycles. The van der Waals surface area contributed by atoms with E-state index in [0.717, 1.165) is 37.7 Å². The summed E-state index contributed by atoms with van der Waals surface area (Å²) in [6, 6.07) is 0. The molecule has 1 N–H and O–H groups in total. The van der Waals surface area contributed by atoms with Crippen LogP contribution < -0.4 is 0 Å². The largest absolute Gasteiger partial charge is 0.390 e. The van der Waals surface area contributed by atoms with Crippen LogP contribution in [-0.2, 0) is 11.3 Å². The topological polar surface area (TPSA) is 50.5 Å². The van der Waals surface area contributed by atoms with E-state index >= 15 is 0 Å². The molecule has 5 nitrogen and oxygen atoms in total. The Hall–Kier alpha value is -0.910. The fourth-order valence-electron chi connectivity index (χ4n) is 2.09. The summed E-state index contributed by atoms with van der Waals surface area (Å²) in [6.07, 6.45) is 1.45. The maximum absolute atomic E-state index is 10.1. The monoisotopic (exact) mass is 239 g/mol. The third kappa shape index (κ3) is 3.28. The van der Waals surface area contributed by atoms with Gasteiger partial charge in [-0.1, -0.05) is 0 Å². The van der Waals surface area contributed by atoms with Gasteiger partial charge in [-0.05, 0) is 13.8 Å². The highest BCUT2D eigenvalue weighted by molar-refractivity contribution is 5.08. The lowest BCUT2D eigenvalue weighted by Crippen LogP contribution is -2.42. The number of rotatable bonds is 4. The molecule has 1 fully saturated rings. The Labute approximate surface area is 102 Å². The molecule has 17 heavy (non-hydrogen) atoms. The Kier molecular flexibility index (Phi) is 4.15.